The average molecular weight is 314 g/mol. The number of carbonyl (C=O) groups excluding carboxylic acids is 1. The highest BCUT2D eigenvalue weighted by Crippen LogP contribution is 2.20. The Morgan fingerprint density at radius 3 is 2.76 bits per heavy atom. The third kappa shape index (κ3) is 7.43. The summed E-state index contributed by atoms with van der Waals surface area (Å²) in [6, 6.07) is 0. The van der Waals surface area contributed by atoms with Gasteiger partial charge in [-0.25, -0.2) is 12.7 Å². The van der Waals surface area contributed by atoms with Crippen molar-refractivity contribution in [1.82, 2.24) is 9.62 Å². The lowest BCUT2D eigenvalue weighted by molar-refractivity contribution is -0.120. The average Bonchev–Trinajstić information content (AvgIpc) is 2.44. The van der Waals surface area contributed by atoms with E-state index < -0.39 is 10.0 Å². The summed E-state index contributed by atoms with van der Waals surface area (Å²) in [7, 11) is -3.28. The molecule has 0 fully saturated rings. The molecule has 0 radical (unpaired) electrons. The van der Waals surface area contributed by atoms with E-state index in [1.54, 1.807) is 6.08 Å². The first kappa shape index (κ1) is 17.9. The fraction of sp³-hybridized carbons (Fsp3) is 0.667. The summed E-state index contributed by atoms with van der Waals surface area (Å²) < 4.78 is 25.0. The molecule has 6 heteroatoms. The predicted octanol–water partition coefficient (Wildman–Crippen LogP) is 1.83. The molecule has 0 saturated carbocycles. The van der Waals surface area contributed by atoms with Gasteiger partial charge in [-0.15, -0.1) is 6.58 Å². The van der Waals surface area contributed by atoms with Crippen LogP contribution in [0.1, 0.15) is 38.5 Å². The summed E-state index contributed by atoms with van der Waals surface area (Å²) in [6.07, 6.45) is 10.5. The van der Waals surface area contributed by atoms with Crippen LogP contribution in [-0.2, 0) is 14.8 Å². The zero-order chi connectivity index (χ0) is 15.7. The molecule has 0 heterocycles. The molecule has 5 nitrogen and oxygen atoms in total. The Balaban J connectivity index is 2.46. The molecule has 0 atom stereocenters. The van der Waals surface area contributed by atoms with E-state index in [2.05, 4.69) is 18.0 Å². The summed E-state index contributed by atoms with van der Waals surface area (Å²) >= 11 is 0. The summed E-state index contributed by atoms with van der Waals surface area (Å²) in [5.41, 5.74) is 1.34. The van der Waals surface area contributed by atoms with Gasteiger partial charge in [0.15, 0.2) is 0 Å². The molecule has 1 rings (SSSR count). The van der Waals surface area contributed by atoms with E-state index in [9.17, 15) is 13.2 Å². The van der Waals surface area contributed by atoms with Crippen molar-refractivity contribution in [2.24, 2.45) is 0 Å². The Kier molecular flexibility index (Phi) is 7.67. The van der Waals surface area contributed by atoms with Crippen LogP contribution in [0, 0.1) is 0 Å². The highest BCUT2D eigenvalue weighted by Gasteiger charge is 2.18. The third-order valence-electron chi connectivity index (χ3n) is 3.57. The first-order valence-electron chi connectivity index (χ1n) is 7.44. The molecule has 0 saturated heterocycles. The van der Waals surface area contributed by atoms with Crippen molar-refractivity contribution >= 4 is 15.9 Å². The van der Waals surface area contributed by atoms with Gasteiger partial charge in [-0.2, -0.15) is 0 Å². The maximum absolute atomic E-state index is 11.8. The number of allylic oxidation sites excluding steroid dienone is 1. The molecular formula is C15H26N2O3S. The SMILES string of the molecule is C=CCNC(=O)CCN(CCC1=CCCCC1)S(C)(=O)=O. The Bertz CT molecular complexity index is 483. The minimum atomic E-state index is -3.28. The lowest BCUT2D eigenvalue weighted by Gasteiger charge is -2.21. The Morgan fingerprint density at radius 1 is 1.43 bits per heavy atom. The second-order valence-electron chi connectivity index (χ2n) is 5.36. The van der Waals surface area contributed by atoms with E-state index in [0.29, 0.717) is 13.1 Å². The van der Waals surface area contributed by atoms with Crippen molar-refractivity contribution in [1.29, 1.82) is 0 Å². The molecule has 0 aromatic carbocycles. The monoisotopic (exact) mass is 314 g/mol. The molecule has 0 unspecified atom stereocenters. The van der Waals surface area contributed by atoms with E-state index in [4.69, 9.17) is 0 Å². The number of rotatable bonds is 9. The summed E-state index contributed by atoms with van der Waals surface area (Å²) in [4.78, 5) is 11.5. The second-order valence-corrected chi connectivity index (χ2v) is 7.35. The smallest absolute Gasteiger partial charge is 0.221 e. The van der Waals surface area contributed by atoms with Gasteiger partial charge < -0.3 is 5.32 Å². The van der Waals surface area contributed by atoms with E-state index in [0.717, 1.165) is 19.3 Å². The molecule has 0 bridgehead atoms. The van der Waals surface area contributed by atoms with Crippen LogP contribution < -0.4 is 5.32 Å². The Morgan fingerprint density at radius 2 is 2.19 bits per heavy atom. The molecule has 1 N–H and O–H groups in total. The topological polar surface area (TPSA) is 66.5 Å². The molecular weight excluding hydrogens is 288 g/mol. The van der Waals surface area contributed by atoms with E-state index in [1.165, 1.54) is 29.0 Å². The zero-order valence-corrected chi connectivity index (χ0v) is 13.6. The largest absolute Gasteiger partial charge is 0.353 e. The minimum absolute atomic E-state index is 0.152. The second kappa shape index (κ2) is 9.00. The van der Waals surface area contributed by atoms with Gasteiger partial charge in [0.2, 0.25) is 15.9 Å². The Hall–Kier alpha value is -1.14. The van der Waals surface area contributed by atoms with Crippen LogP contribution >= 0.6 is 0 Å². The van der Waals surface area contributed by atoms with Gasteiger partial charge in [-0.1, -0.05) is 17.7 Å². The molecule has 0 spiro atoms. The molecule has 21 heavy (non-hydrogen) atoms. The van der Waals surface area contributed by atoms with Crippen molar-refractivity contribution < 1.29 is 13.2 Å². The van der Waals surface area contributed by atoms with Crippen LogP contribution in [0.25, 0.3) is 0 Å². The van der Waals surface area contributed by atoms with Crippen LogP contribution in [0.2, 0.25) is 0 Å². The molecule has 1 aliphatic carbocycles. The van der Waals surface area contributed by atoms with E-state index >= 15 is 0 Å². The van der Waals surface area contributed by atoms with Crippen LogP contribution in [0.3, 0.4) is 0 Å². The highest BCUT2D eigenvalue weighted by molar-refractivity contribution is 7.88. The molecule has 0 aliphatic heterocycles. The van der Waals surface area contributed by atoms with Crippen molar-refractivity contribution in [2.75, 3.05) is 25.9 Å². The van der Waals surface area contributed by atoms with Gasteiger partial charge in [-0.05, 0) is 32.1 Å². The number of hydrogen-bond acceptors (Lipinski definition) is 3. The number of nitrogens with one attached hydrogen (secondary N) is 1. The van der Waals surface area contributed by atoms with Crippen molar-refractivity contribution in [3.63, 3.8) is 0 Å². The summed E-state index contributed by atoms with van der Waals surface area (Å²) in [5.74, 6) is -0.152. The predicted molar refractivity (Wildman–Crippen MR) is 85.4 cm³/mol. The van der Waals surface area contributed by atoms with Gasteiger partial charge in [0.1, 0.15) is 0 Å². The number of sulfonamides is 1. The van der Waals surface area contributed by atoms with Gasteiger partial charge in [0.05, 0.1) is 6.26 Å². The third-order valence-corrected chi connectivity index (χ3v) is 4.87. The van der Waals surface area contributed by atoms with Crippen LogP contribution in [0.5, 0.6) is 0 Å². The molecule has 1 aliphatic rings. The first-order valence-corrected chi connectivity index (χ1v) is 9.29. The molecule has 120 valence electrons. The van der Waals surface area contributed by atoms with E-state index in [-0.39, 0.29) is 18.9 Å². The summed E-state index contributed by atoms with van der Waals surface area (Å²) in [6.45, 7) is 4.62. The van der Waals surface area contributed by atoms with Crippen LogP contribution in [-0.4, -0.2) is 44.5 Å². The highest BCUT2D eigenvalue weighted by atomic mass is 32.2. The Labute approximate surface area is 128 Å². The van der Waals surface area contributed by atoms with Gasteiger partial charge in [-0.3, -0.25) is 4.79 Å². The fourth-order valence-corrected chi connectivity index (χ4v) is 3.19. The lowest BCUT2D eigenvalue weighted by atomic mass is 9.97. The maximum atomic E-state index is 11.8. The van der Waals surface area contributed by atoms with Gasteiger partial charge in [0.25, 0.3) is 0 Å². The van der Waals surface area contributed by atoms with Crippen LogP contribution in [0.4, 0.5) is 0 Å². The summed E-state index contributed by atoms with van der Waals surface area (Å²) in [5, 5.41) is 2.65. The number of carbonyl (C=O) groups is 1. The fourth-order valence-electron chi connectivity index (χ4n) is 2.34. The molecule has 1 amide bonds. The van der Waals surface area contributed by atoms with Crippen molar-refractivity contribution in [3.8, 4) is 0 Å². The lowest BCUT2D eigenvalue weighted by Crippen LogP contribution is -2.35. The van der Waals surface area contributed by atoms with E-state index in [1.807, 2.05) is 0 Å². The maximum Gasteiger partial charge on any atom is 0.221 e. The standard InChI is InChI=1S/C15H26N2O3S/c1-3-11-16-15(18)10-13-17(21(2,19)20)12-9-14-7-5-4-6-8-14/h3,7H,1,4-6,8-13H2,2H3,(H,16,18). The zero-order valence-electron chi connectivity index (χ0n) is 12.8. The minimum Gasteiger partial charge on any atom is -0.353 e. The number of nitrogens with zero attached hydrogens (tertiary/aromatic N) is 1. The normalized spacial score (nSPS) is 15.6. The van der Waals surface area contributed by atoms with Crippen LogP contribution in [0.15, 0.2) is 24.3 Å². The van der Waals surface area contributed by atoms with Crippen molar-refractivity contribution in [3.05, 3.63) is 24.3 Å². The first-order chi connectivity index (χ1) is 9.93. The molecule has 0 aromatic rings. The number of hydrogen-bond donors (Lipinski definition) is 1. The molecule has 0 aromatic heterocycles. The quantitative estimate of drug-likeness (QED) is 0.660. The van der Waals surface area contributed by atoms with Gasteiger partial charge >= 0.3 is 0 Å². The van der Waals surface area contributed by atoms with Gasteiger partial charge in [0, 0.05) is 26.1 Å². The van der Waals surface area contributed by atoms with Crippen molar-refractivity contribution in [2.45, 2.75) is 38.5 Å². The number of amides is 1.